The van der Waals surface area contributed by atoms with Crippen molar-refractivity contribution in [2.75, 3.05) is 0 Å². The lowest BCUT2D eigenvalue weighted by Gasteiger charge is -2.21. The summed E-state index contributed by atoms with van der Waals surface area (Å²) in [5, 5.41) is 10.2. The summed E-state index contributed by atoms with van der Waals surface area (Å²) in [7, 11) is 0. The number of fused-ring (bicyclic) bond motifs is 5. The van der Waals surface area contributed by atoms with Crippen LogP contribution in [0, 0.1) is 0 Å². The molecule has 9 aromatic rings. The first-order valence-electron chi connectivity index (χ1n) is 15.9. The molecule has 0 atom stereocenters. The van der Waals surface area contributed by atoms with E-state index in [9.17, 15) is 0 Å². The van der Waals surface area contributed by atoms with Gasteiger partial charge < -0.3 is 0 Å². The summed E-state index contributed by atoms with van der Waals surface area (Å²) in [5.74, 6) is 0. The van der Waals surface area contributed by atoms with Crippen molar-refractivity contribution < 1.29 is 0 Å². The molecule has 0 N–H and O–H groups in total. The van der Waals surface area contributed by atoms with Gasteiger partial charge in [-0.2, -0.15) is 0 Å². The molecule has 0 radical (unpaired) electrons. The summed E-state index contributed by atoms with van der Waals surface area (Å²) in [6.45, 7) is 0. The molecule has 0 saturated heterocycles. The van der Waals surface area contributed by atoms with Crippen molar-refractivity contribution in [3.8, 4) is 44.5 Å². The zero-order valence-electron chi connectivity index (χ0n) is 25.3. The van der Waals surface area contributed by atoms with E-state index < -0.39 is 0 Å². The van der Waals surface area contributed by atoms with Crippen molar-refractivity contribution in [1.29, 1.82) is 0 Å². The van der Waals surface area contributed by atoms with Gasteiger partial charge in [0.15, 0.2) is 0 Å². The Kier molecular flexibility index (Phi) is 6.25. The maximum Gasteiger partial charge on any atom is -0.00201 e. The minimum Gasteiger partial charge on any atom is -0.0622 e. The average molecular weight is 583 g/mol. The maximum atomic E-state index is 2.43. The molecule has 0 aliphatic carbocycles. The van der Waals surface area contributed by atoms with E-state index in [2.05, 4.69) is 182 Å². The van der Waals surface area contributed by atoms with Crippen LogP contribution < -0.4 is 0 Å². The fourth-order valence-corrected chi connectivity index (χ4v) is 7.44. The summed E-state index contributed by atoms with van der Waals surface area (Å²) in [6, 6.07) is 66.5. The number of hydrogen-bond acceptors (Lipinski definition) is 0. The van der Waals surface area contributed by atoms with Crippen molar-refractivity contribution in [2.45, 2.75) is 0 Å². The molecule has 0 aliphatic heterocycles. The van der Waals surface area contributed by atoms with Gasteiger partial charge in [0.25, 0.3) is 0 Å². The molecule has 9 aromatic carbocycles. The zero-order valence-corrected chi connectivity index (χ0v) is 25.3. The molecule has 0 aromatic heterocycles. The Hall–Kier alpha value is -5.98. The first-order valence-corrected chi connectivity index (χ1v) is 15.9. The molecule has 46 heavy (non-hydrogen) atoms. The zero-order chi connectivity index (χ0) is 30.5. The Balaban J connectivity index is 1.41. The fourth-order valence-electron chi connectivity index (χ4n) is 7.44. The normalized spacial score (nSPS) is 11.5. The molecule has 0 heteroatoms. The van der Waals surface area contributed by atoms with Gasteiger partial charge in [0.05, 0.1) is 0 Å². The van der Waals surface area contributed by atoms with Crippen molar-refractivity contribution in [1.82, 2.24) is 0 Å². The largest absolute Gasteiger partial charge is 0.0622 e. The van der Waals surface area contributed by atoms with Crippen LogP contribution in [0.2, 0.25) is 0 Å². The van der Waals surface area contributed by atoms with Gasteiger partial charge >= 0.3 is 0 Å². The minimum atomic E-state index is 1.23. The highest BCUT2D eigenvalue weighted by Crippen LogP contribution is 2.47. The van der Waals surface area contributed by atoms with Gasteiger partial charge in [0.2, 0.25) is 0 Å². The first-order chi connectivity index (χ1) is 22.8. The molecule has 0 aliphatic rings. The van der Waals surface area contributed by atoms with Crippen LogP contribution >= 0.6 is 0 Å². The molecular formula is C46H30. The lowest BCUT2D eigenvalue weighted by molar-refractivity contribution is 1.61. The SMILES string of the molecule is c1ccc(-c2ccccc2-c2c3ccccc3c(-c3cc(-c4ccccc4)c4c(ccc5ccccc54)c3)c3ccccc23)cc1. The van der Waals surface area contributed by atoms with E-state index in [-0.39, 0.29) is 0 Å². The minimum absolute atomic E-state index is 1.23. The van der Waals surface area contributed by atoms with Crippen LogP contribution in [0.3, 0.4) is 0 Å². The molecular weight excluding hydrogens is 553 g/mol. The Morgan fingerprint density at radius 1 is 0.239 bits per heavy atom. The van der Waals surface area contributed by atoms with Crippen molar-refractivity contribution in [3.05, 3.63) is 182 Å². The molecule has 0 amide bonds. The van der Waals surface area contributed by atoms with E-state index in [1.807, 2.05) is 0 Å². The summed E-state index contributed by atoms with van der Waals surface area (Å²) in [5.41, 5.74) is 10.0. The van der Waals surface area contributed by atoms with Crippen molar-refractivity contribution in [3.63, 3.8) is 0 Å². The maximum absolute atomic E-state index is 2.43. The second-order valence-corrected chi connectivity index (χ2v) is 12.0. The van der Waals surface area contributed by atoms with E-state index in [4.69, 9.17) is 0 Å². The second kappa shape index (κ2) is 10.9. The molecule has 0 nitrogen and oxygen atoms in total. The highest BCUT2D eigenvalue weighted by Gasteiger charge is 2.20. The third-order valence-electron chi connectivity index (χ3n) is 9.43. The average Bonchev–Trinajstić information content (AvgIpc) is 3.14. The monoisotopic (exact) mass is 582 g/mol. The fraction of sp³-hybridized carbons (Fsp3) is 0. The predicted octanol–water partition coefficient (Wildman–Crippen LogP) is 13.0. The standard InChI is InChI=1S/C46H30/c1-3-15-31(16-4-1)36-20-9-10-22-38(36)46-41-25-13-11-23-39(41)45(40-24-12-14-26-42(40)46)35-29-34-28-27-33-19-7-8-21-37(33)44(34)43(30-35)32-17-5-2-6-18-32/h1-30H. The summed E-state index contributed by atoms with van der Waals surface area (Å²) in [4.78, 5) is 0. The Morgan fingerprint density at radius 3 is 1.33 bits per heavy atom. The quantitative estimate of drug-likeness (QED) is 0.143. The number of rotatable bonds is 4. The highest BCUT2D eigenvalue weighted by atomic mass is 14.2. The van der Waals surface area contributed by atoms with Crippen LogP contribution in [0.5, 0.6) is 0 Å². The van der Waals surface area contributed by atoms with Gasteiger partial charge in [0.1, 0.15) is 0 Å². The Labute approximate surface area is 268 Å². The Morgan fingerprint density at radius 2 is 0.696 bits per heavy atom. The topological polar surface area (TPSA) is 0 Å². The van der Waals surface area contributed by atoms with Gasteiger partial charge in [0, 0.05) is 0 Å². The summed E-state index contributed by atoms with van der Waals surface area (Å²) < 4.78 is 0. The lowest BCUT2D eigenvalue weighted by atomic mass is 9.82. The molecule has 0 heterocycles. The van der Waals surface area contributed by atoms with Gasteiger partial charge in [-0.3, -0.25) is 0 Å². The predicted molar refractivity (Wildman–Crippen MR) is 198 cm³/mol. The van der Waals surface area contributed by atoms with E-state index in [0.717, 1.165) is 0 Å². The van der Waals surface area contributed by atoms with E-state index in [1.165, 1.54) is 87.6 Å². The molecule has 214 valence electrons. The van der Waals surface area contributed by atoms with Crippen LogP contribution in [-0.2, 0) is 0 Å². The molecule has 0 bridgehead atoms. The van der Waals surface area contributed by atoms with Crippen molar-refractivity contribution in [2.24, 2.45) is 0 Å². The Bertz CT molecular complexity index is 2500. The van der Waals surface area contributed by atoms with Crippen LogP contribution in [0.1, 0.15) is 0 Å². The van der Waals surface area contributed by atoms with Gasteiger partial charge in [-0.25, -0.2) is 0 Å². The third kappa shape index (κ3) is 4.23. The van der Waals surface area contributed by atoms with Gasteiger partial charge in [-0.15, -0.1) is 0 Å². The number of benzene rings is 9. The van der Waals surface area contributed by atoms with Crippen LogP contribution in [0.25, 0.3) is 87.6 Å². The van der Waals surface area contributed by atoms with Gasteiger partial charge in [-0.1, -0.05) is 170 Å². The third-order valence-corrected chi connectivity index (χ3v) is 9.43. The van der Waals surface area contributed by atoms with E-state index >= 15 is 0 Å². The van der Waals surface area contributed by atoms with E-state index in [1.54, 1.807) is 0 Å². The summed E-state index contributed by atoms with van der Waals surface area (Å²) in [6.07, 6.45) is 0. The number of hydrogen-bond donors (Lipinski definition) is 0. The second-order valence-electron chi connectivity index (χ2n) is 12.0. The van der Waals surface area contributed by atoms with Crippen molar-refractivity contribution >= 4 is 43.1 Å². The molecule has 0 unspecified atom stereocenters. The highest BCUT2D eigenvalue weighted by molar-refractivity contribution is 6.24. The van der Waals surface area contributed by atoms with Crippen LogP contribution in [-0.4, -0.2) is 0 Å². The van der Waals surface area contributed by atoms with Crippen LogP contribution in [0.4, 0.5) is 0 Å². The summed E-state index contributed by atoms with van der Waals surface area (Å²) >= 11 is 0. The molecule has 0 spiro atoms. The smallest absolute Gasteiger partial charge is 0.00201 e. The first kappa shape index (κ1) is 26.4. The molecule has 9 rings (SSSR count). The van der Waals surface area contributed by atoms with E-state index in [0.29, 0.717) is 0 Å². The lowest BCUT2D eigenvalue weighted by Crippen LogP contribution is -1.93. The van der Waals surface area contributed by atoms with Crippen LogP contribution in [0.15, 0.2) is 182 Å². The molecule has 0 saturated carbocycles. The molecule has 0 fully saturated rings. The van der Waals surface area contributed by atoms with Gasteiger partial charge in [-0.05, 0) is 99.7 Å².